The maximum absolute atomic E-state index is 12.1. The van der Waals surface area contributed by atoms with Gasteiger partial charge in [-0.3, -0.25) is 4.79 Å². The Hall–Kier alpha value is -1.46. The number of fused-ring (bicyclic) bond motifs is 1. The van der Waals surface area contributed by atoms with E-state index in [2.05, 4.69) is 10.5 Å². The van der Waals surface area contributed by atoms with Crippen LogP contribution in [-0.4, -0.2) is 16.8 Å². The normalized spacial score (nSPS) is 17.6. The summed E-state index contributed by atoms with van der Waals surface area (Å²) in [5.74, 6) is 0.965. The van der Waals surface area contributed by atoms with Gasteiger partial charge in [-0.15, -0.1) is 11.8 Å². The van der Waals surface area contributed by atoms with Crippen LogP contribution < -0.4 is 5.32 Å². The Kier molecular flexibility index (Phi) is 3.72. The second kappa shape index (κ2) is 5.50. The highest BCUT2D eigenvalue weighted by Crippen LogP contribution is 2.37. The van der Waals surface area contributed by atoms with Crippen LogP contribution in [-0.2, 0) is 0 Å². The number of aryl methyl sites for hydroxylation is 1. The van der Waals surface area contributed by atoms with Crippen molar-refractivity contribution in [3.63, 3.8) is 0 Å². The summed E-state index contributed by atoms with van der Waals surface area (Å²) < 4.78 is 4.99. The number of thioether (sulfide) groups is 1. The summed E-state index contributed by atoms with van der Waals surface area (Å²) >= 11 is 7.83. The van der Waals surface area contributed by atoms with E-state index in [4.69, 9.17) is 16.1 Å². The predicted molar refractivity (Wildman–Crippen MR) is 78.2 cm³/mol. The minimum absolute atomic E-state index is 0.0390. The number of aromatic nitrogens is 1. The van der Waals surface area contributed by atoms with E-state index in [9.17, 15) is 4.79 Å². The Morgan fingerprint density at radius 3 is 3.10 bits per heavy atom. The molecule has 2 aromatic rings. The Morgan fingerprint density at radius 1 is 1.50 bits per heavy atom. The number of carbonyl (C=O) groups excluding carboxylic acids is 1. The molecule has 104 valence electrons. The highest BCUT2D eigenvalue weighted by atomic mass is 35.5. The molecule has 1 aromatic heterocycles. The van der Waals surface area contributed by atoms with Crippen molar-refractivity contribution in [2.75, 3.05) is 5.75 Å². The molecular formula is C14H13ClN2O2S. The number of benzene rings is 1. The van der Waals surface area contributed by atoms with Crippen molar-refractivity contribution in [3.05, 3.63) is 46.3 Å². The lowest BCUT2D eigenvalue weighted by molar-refractivity contribution is 0.0897. The highest BCUT2D eigenvalue weighted by molar-refractivity contribution is 7.99. The fourth-order valence-corrected chi connectivity index (χ4v) is 3.50. The number of nitrogens with one attached hydrogen (secondary N) is 1. The molecule has 0 spiro atoms. The number of carbonyl (C=O) groups is 1. The molecule has 0 saturated carbocycles. The van der Waals surface area contributed by atoms with Gasteiger partial charge in [-0.25, -0.2) is 0 Å². The lowest BCUT2D eigenvalue weighted by Gasteiger charge is -2.25. The van der Waals surface area contributed by atoms with Gasteiger partial charge in [-0.2, -0.15) is 0 Å². The van der Waals surface area contributed by atoms with Crippen LogP contribution in [0.3, 0.4) is 0 Å². The number of halogens is 1. The number of hydrogen-bond acceptors (Lipinski definition) is 4. The molecule has 0 fully saturated rings. The minimum Gasteiger partial charge on any atom is -0.351 e. The van der Waals surface area contributed by atoms with E-state index < -0.39 is 0 Å². The van der Waals surface area contributed by atoms with E-state index >= 15 is 0 Å². The molecule has 0 aliphatic carbocycles. The van der Waals surface area contributed by atoms with Gasteiger partial charge < -0.3 is 9.84 Å². The Morgan fingerprint density at radius 2 is 2.35 bits per heavy atom. The van der Waals surface area contributed by atoms with Gasteiger partial charge in [-0.1, -0.05) is 16.8 Å². The molecule has 6 heteroatoms. The molecule has 0 bridgehead atoms. The molecule has 0 radical (unpaired) electrons. The smallest absolute Gasteiger partial charge is 0.290 e. The summed E-state index contributed by atoms with van der Waals surface area (Å²) in [5.41, 5.74) is 1.76. The van der Waals surface area contributed by atoms with Crippen molar-refractivity contribution in [2.24, 2.45) is 0 Å². The first-order chi connectivity index (χ1) is 9.63. The van der Waals surface area contributed by atoms with Crippen LogP contribution in [0.5, 0.6) is 0 Å². The van der Waals surface area contributed by atoms with Crippen LogP contribution in [0.1, 0.15) is 34.3 Å². The quantitative estimate of drug-likeness (QED) is 0.921. The van der Waals surface area contributed by atoms with Crippen molar-refractivity contribution in [1.29, 1.82) is 0 Å². The zero-order valence-corrected chi connectivity index (χ0v) is 12.4. The second-order valence-electron chi connectivity index (χ2n) is 4.68. The zero-order valence-electron chi connectivity index (χ0n) is 10.9. The van der Waals surface area contributed by atoms with E-state index in [0.29, 0.717) is 10.7 Å². The fraction of sp³-hybridized carbons (Fsp3) is 0.286. The van der Waals surface area contributed by atoms with Gasteiger partial charge in [0.15, 0.2) is 0 Å². The Balaban J connectivity index is 1.82. The van der Waals surface area contributed by atoms with Crippen molar-refractivity contribution < 1.29 is 9.32 Å². The van der Waals surface area contributed by atoms with Crippen molar-refractivity contribution in [2.45, 2.75) is 24.3 Å². The first-order valence-corrected chi connectivity index (χ1v) is 7.66. The predicted octanol–water partition coefficient (Wildman–Crippen LogP) is 3.60. The highest BCUT2D eigenvalue weighted by Gasteiger charge is 2.24. The van der Waals surface area contributed by atoms with Crippen LogP contribution >= 0.6 is 23.4 Å². The van der Waals surface area contributed by atoms with Gasteiger partial charge in [0, 0.05) is 21.7 Å². The number of amides is 1. The molecule has 20 heavy (non-hydrogen) atoms. The van der Waals surface area contributed by atoms with Gasteiger partial charge in [0.05, 0.1) is 11.7 Å². The topological polar surface area (TPSA) is 55.1 Å². The van der Waals surface area contributed by atoms with Crippen molar-refractivity contribution >= 4 is 29.3 Å². The van der Waals surface area contributed by atoms with Gasteiger partial charge in [0.2, 0.25) is 5.76 Å². The molecule has 4 nitrogen and oxygen atoms in total. The van der Waals surface area contributed by atoms with E-state index in [-0.39, 0.29) is 17.7 Å². The van der Waals surface area contributed by atoms with Gasteiger partial charge in [0.25, 0.3) is 5.91 Å². The maximum atomic E-state index is 12.1. The molecule has 2 heterocycles. The SMILES string of the molecule is Cc1cc(C(=O)NC2CCSc3ccc(Cl)cc32)on1. The average molecular weight is 309 g/mol. The first kappa shape index (κ1) is 13.5. The van der Waals surface area contributed by atoms with Gasteiger partial charge >= 0.3 is 0 Å². The lowest BCUT2D eigenvalue weighted by atomic mass is 10.0. The summed E-state index contributed by atoms with van der Waals surface area (Å²) in [6, 6.07) is 7.38. The van der Waals surface area contributed by atoms with Gasteiger partial charge in [0.1, 0.15) is 0 Å². The molecule has 1 atom stereocenters. The molecule has 1 N–H and O–H groups in total. The molecule has 3 rings (SSSR count). The summed E-state index contributed by atoms with van der Waals surface area (Å²) in [6.45, 7) is 1.78. The van der Waals surface area contributed by atoms with Crippen molar-refractivity contribution in [3.8, 4) is 0 Å². The van der Waals surface area contributed by atoms with Crippen molar-refractivity contribution in [1.82, 2.24) is 10.5 Å². The standard InChI is InChI=1S/C14H13ClN2O2S/c1-8-6-12(19-17-8)14(18)16-11-4-5-20-13-3-2-9(15)7-10(11)13/h2-3,6-7,11H,4-5H2,1H3,(H,16,18). The molecule has 1 amide bonds. The van der Waals surface area contributed by atoms with E-state index in [1.807, 2.05) is 18.2 Å². The van der Waals surface area contributed by atoms with Crippen LogP contribution in [0.15, 0.2) is 33.7 Å². The first-order valence-electron chi connectivity index (χ1n) is 6.30. The van der Waals surface area contributed by atoms with E-state index in [0.717, 1.165) is 17.7 Å². The average Bonchev–Trinajstić information content (AvgIpc) is 2.86. The number of nitrogens with zero attached hydrogens (tertiary/aromatic N) is 1. The summed E-state index contributed by atoms with van der Waals surface area (Å²) in [7, 11) is 0. The Labute approximate surface area is 125 Å². The fourth-order valence-electron chi connectivity index (χ4n) is 2.22. The molecule has 1 aromatic carbocycles. The van der Waals surface area contributed by atoms with Crippen LogP contribution in [0, 0.1) is 6.92 Å². The monoisotopic (exact) mass is 308 g/mol. The third-order valence-corrected chi connectivity index (χ3v) is 4.53. The second-order valence-corrected chi connectivity index (χ2v) is 6.25. The molecule has 0 saturated heterocycles. The molecular weight excluding hydrogens is 296 g/mol. The largest absolute Gasteiger partial charge is 0.351 e. The van der Waals surface area contributed by atoms with Gasteiger partial charge in [-0.05, 0) is 37.1 Å². The minimum atomic E-state index is -0.242. The summed E-state index contributed by atoms with van der Waals surface area (Å²) in [6.07, 6.45) is 0.872. The third kappa shape index (κ3) is 2.69. The zero-order chi connectivity index (χ0) is 14.1. The van der Waals surface area contributed by atoms with Crippen LogP contribution in [0.4, 0.5) is 0 Å². The number of rotatable bonds is 2. The van der Waals surface area contributed by atoms with E-state index in [1.165, 1.54) is 4.90 Å². The van der Waals surface area contributed by atoms with Crippen LogP contribution in [0.2, 0.25) is 5.02 Å². The molecule has 1 aliphatic rings. The third-order valence-electron chi connectivity index (χ3n) is 3.17. The molecule has 1 unspecified atom stereocenters. The summed E-state index contributed by atoms with van der Waals surface area (Å²) in [5, 5.41) is 7.40. The molecule has 1 aliphatic heterocycles. The number of hydrogen-bond donors (Lipinski definition) is 1. The van der Waals surface area contributed by atoms with Crippen LogP contribution in [0.25, 0.3) is 0 Å². The Bertz CT molecular complexity index is 656. The maximum Gasteiger partial charge on any atom is 0.290 e. The van der Waals surface area contributed by atoms with E-state index in [1.54, 1.807) is 24.8 Å². The summed E-state index contributed by atoms with van der Waals surface area (Å²) in [4.78, 5) is 13.3. The lowest BCUT2D eigenvalue weighted by Crippen LogP contribution is -2.30.